The third-order valence-corrected chi connectivity index (χ3v) is 12.4. The predicted octanol–water partition coefficient (Wildman–Crippen LogP) is 14.9. The Labute approximate surface area is 346 Å². The average Bonchev–Trinajstić information content (AvgIpc) is 3.72. The zero-order chi connectivity index (χ0) is 40.7. The van der Waals surface area contributed by atoms with Gasteiger partial charge in [0.05, 0.1) is 45.1 Å². The van der Waals surface area contributed by atoms with Gasteiger partial charge in [-0.15, -0.1) is 0 Å². The highest BCUT2D eigenvalue weighted by Crippen LogP contribution is 2.44. The van der Waals surface area contributed by atoms with Gasteiger partial charge in [-0.05, 0) is 159 Å². The van der Waals surface area contributed by atoms with Crippen LogP contribution in [0.25, 0.3) is 88.4 Å². The summed E-state index contributed by atoms with van der Waals surface area (Å²) in [7, 11) is 0. The minimum Gasteiger partial charge on any atom is -0.309 e. The van der Waals surface area contributed by atoms with Gasteiger partial charge < -0.3 is 9.13 Å². The van der Waals surface area contributed by atoms with Crippen LogP contribution in [0.4, 0.5) is 0 Å². The molecule has 3 nitrogen and oxygen atoms in total. The SMILES string of the molecule is Cc1cc(C)c(-c2ccc3c(c2)c2ccccc2n3-c2ccc(-c3cccc(C#N)c3)c(-n3c4ccccc4c4cc(-c5c(C)cc(C)cc5C)ccc43)c2C)c(C)c1. The van der Waals surface area contributed by atoms with Crippen LogP contribution in [0.1, 0.15) is 44.5 Å². The van der Waals surface area contributed by atoms with Crippen molar-refractivity contribution < 1.29 is 0 Å². The van der Waals surface area contributed by atoms with Crippen LogP contribution in [0, 0.1) is 59.8 Å². The second-order valence-electron chi connectivity index (χ2n) is 16.5. The molecule has 0 unspecified atom stereocenters. The first-order valence-corrected chi connectivity index (χ1v) is 20.5. The Morgan fingerprint density at radius 1 is 0.407 bits per heavy atom. The molecule has 2 heterocycles. The van der Waals surface area contributed by atoms with Crippen LogP contribution in [-0.4, -0.2) is 9.13 Å². The first-order valence-electron chi connectivity index (χ1n) is 20.5. The number of nitrogens with zero attached hydrogens (tertiary/aromatic N) is 3. The van der Waals surface area contributed by atoms with Crippen molar-refractivity contribution in [1.29, 1.82) is 5.26 Å². The molecule has 0 saturated heterocycles. The van der Waals surface area contributed by atoms with Crippen LogP contribution in [0.3, 0.4) is 0 Å². The van der Waals surface area contributed by atoms with Crippen molar-refractivity contribution in [2.75, 3.05) is 0 Å². The van der Waals surface area contributed by atoms with Crippen LogP contribution in [-0.2, 0) is 0 Å². The van der Waals surface area contributed by atoms with Crippen molar-refractivity contribution in [3.8, 4) is 50.8 Å². The van der Waals surface area contributed by atoms with Crippen molar-refractivity contribution in [3.63, 3.8) is 0 Å². The van der Waals surface area contributed by atoms with Crippen LogP contribution in [0.2, 0.25) is 0 Å². The van der Waals surface area contributed by atoms with Gasteiger partial charge in [0.15, 0.2) is 0 Å². The van der Waals surface area contributed by atoms with Gasteiger partial charge >= 0.3 is 0 Å². The highest BCUT2D eigenvalue weighted by Gasteiger charge is 2.23. The van der Waals surface area contributed by atoms with Crippen molar-refractivity contribution >= 4 is 43.6 Å². The average molecular weight is 760 g/mol. The minimum atomic E-state index is 0.642. The van der Waals surface area contributed by atoms with Gasteiger partial charge in [0.2, 0.25) is 0 Å². The van der Waals surface area contributed by atoms with Gasteiger partial charge in [0.25, 0.3) is 0 Å². The fraction of sp³-hybridized carbons (Fsp3) is 0.125. The first-order chi connectivity index (χ1) is 28.6. The lowest BCUT2D eigenvalue weighted by Gasteiger charge is -2.21. The highest BCUT2D eigenvalue weighted by molar-refractivity contribution is 6.13. The zero-order valence-electron chi connectivity index (χ0n) is 34.7. The lowest BCUT2D eigenvalue weighted by molar-refractivity contribution is 1.10. The van der Waals surface area contributed by atoms with Crippen molar-refractivity contribution in [3.05, 3.63) is 190 Å². The molecular formula is C56H45N3. The van der Waals surface area contributed by atoms with E-state index in [2.05, 4.69) is 191 Å². The third kappa shape index (κ3) is 5.70. The summed E-state index contributed by atoms with van der Waals surface area (Å²) in [5.41, 5.74) is 23.5. The summed E-state index contributed by atoms with van der Waals surface area (Å²) in [4.78, 5) is 0. The standard InChI is InChI=1S/C56H45N3/c1-33-25-35(3)54(36(4)26-33)42-19-22-52-47(30-42)45-15-8-10-17-50(45)58(52)49-24-21-44(41-14-12-13-40(29-41)32-57)56(39(49)7)59-51-18-11-9-16-46(51)48-31-43(20-23-53(48)59)55-37(5)27-34(2)28-38(55)6/h8-31H,1-7H3. The highest BCUT2D eigenvalue weighted by atomic mass is 15.0. The van der Waals surface area contributed by atoms with E-state index in [0.29, 0.717) is 5.56 Å². The Balaban J connectivity index is 1.28. The number of aryl methyl sites for hydroxylation is 6. The maximum atomic E-state index is 10.0. The Kier molecular flexibility index (Phi) is 8.44. The molecule has 3 heteroatoms. The summed E-state index contributed by atoms with van der Waals surface area (Å²) < 4.78 is 4.91. The van der Waals surface area contributed by atoms with E-state index in [1.54, 1.807) is 0 Å². The molecule has 0 aliphatic heterocycles. The molecule has 10 rings (SSSR count). The summed E-state index contributed by atoms with van der Waals surface area (Å²) in [6, 6.07) is 55.7. The van der Waals surface area contributed by atoms with E-state index in [-0.39, 0.29) is 0 Å². The topological polar surface area (TPSA) is 33.6 Å². The van der Waals surface area contributed by atoms with E-state index < -0.39 is 0 Å². The fourth-order valence-corrected chi connectivity index (χ4v) is 10.2. The number of fused-ring (bicyclic) bond motifs is 6. The van der Waals surface area contributed by atoms with E-state index in [1.807, 2.05) is 18.2 Å². The summed E-state index contributed by atoms with van der Waals surface area (Å²) in [6.45, 7) is 15.5. The maximum absolute atomic E-state index is 10.0. The van der Waals surface area contributed by atoms with Crippen LogP contribution >= 0.6 is 0 Å². The molecular weight excluding hydrogens is 715 g/mol. The van der Waals surface area contributed by atoms with E-state index in [1.165, 1.54) is 88.2 Å². The molecule has 0 spiro atoms. The van der Waals surface area contributed by atoms with Crippen LogP contribution in [0.5, 0.6) is 0 Å². The molecule has 0 radical (unpaired) electrons. The van der Waals surface area contributed by atoms with Gasteiger partial charge in [0, 0.05) is 27.1 Å². The Morgan fingerprint density at radius 3 is 1.44 bits per heavy atom. The Morgan fingerprint density at radius 2 is 0.898 bits per heavy atom. The summed E-state index contributed by atoms with van der Waals surface area (Å²) in [6.07, 6.45) is 0. The van der Waals surface area contributed by atoms with E-state index in [0.717, 1.165) is 39.1 Å². The molecule has 2 aromatic heterocycles. The molecule has 10 aromatic rings. The summed E-state index contributed by atoms with van der Waals surface area (Å²) >= 11 is 0. The largest absolute Gasteiger partial charge is 0.309 e. The van der Waals surface area contributed by atoms with E-state index >= 15 is 0 Å². The number of para-hydroxylation sites is 2. The molecule has 0 aliphatic rings. The minimum absolute atomic E-state index is 0.642. The molecule has 0 saturated carbocycles. The van der Waals surface area contributed by atoms with Gasteiger partial charge in [-0.25, -0.2) is 0 Å². The number of hydrogen-bond acceptors (Lipinski definition) is 1. The predicted molar refractivity (Wildman–Crippen MR) is 249 cm³/mol. The first kappa shape index (κ1) is 36.2. The second kappa shape index (κ2) is 13.8. The number of benzene rings is 8. The zero-order valence-corrected chi connectivity index (χ0v) is 34.7. The van der Waals surface area contributed by atoms with Gasteiger partial charge in [-0.2, -0.15) is 5.26 Å². The van der Waals surface area contributed by atoms with Gasteiger partial charge in [-0.3, -0.25) is 0 Å². The molecule has 284 valence electrons. The molecule has 0 N–H and O–H groups in total. The lowest BCUT2D eigenvalue weighted by atomic mass is 9.93. The van der Waals surface area contributed by atoms with Crippen molar-refractivity contribution in [2.45, 2.75) is 48.5 Å². The molecule has 0 aliphatic carbocycles. The Hall–Kier alpha value is -7.15. The number of rotatable bonds is 5. The lowest BCUT2D eigenvalue weighted by Crippen LogP contribution is -2.05. The molecule has 0 bridgehead atoms. The van der Waals surface area contributed by atoms with Gasteiger partial charge in [-0.1, -0.05) is 102 Å². The monoisotopic (exact) mass is 759 g/mol. The van der Waals surface area contributed by atoms with E-state index in [4.69, 9.17) is 0 Å². The number of hydrogen-bond donors (Lipinski definition) is 0. The number of aromatic nitrogens is 2. The van der Waals surface area contributed by atoms with E-state index in [9.17, 15) is 5.26 Å². The maximum Gasteiger partial charge on any atom is 0.0991 e. The van der Waals surface area contributed by atoms with Crippen LogP contribution in [0.15, 0.2) is 146 Å². The normalized spacial score (nSPS) is 11.6. The third-order valence-electron chi connectivity index (χ3n) is 12.4. The van der Waals surface area contributed by atoms with Crippen molar-refractivity contribution in [1.82, 2.24) is 9.13 Å². The smallest absolute Gasteiger partial charge is 0.0991 e. The number of nitriles is 1. The molecule has 8 aromatic carbocycles. The van der Waals surface area contributed by atoms with Crippen LogP contribution < -0.4 is 0 Å². The summed E-state index contributed by atoms with van der Waals surface area (Å²) in [5.74, 6) is 0. The molecule has 0 fully saturated rings. The quantitative estimate of drug-likeness (QED) is 0.172. The Bertz CT molecular complexity index is 3370. The molecule has 0 atom stereocenters. The van der Waals surface area contributed by atoms with Gasteiger partial charge in [0.1, 0.15) is 0 Å². The second-order valence-corrected chi connectivity index (χ2v) is 16.5. The van der Waals surface area contributed by atoms with Crippen molar-refractivity contribution in [2.24, 2.45) is 0 Å². The molecule has 59 heavy (non-hydrogen) atoms. The fourth-order valence-electron chi connectivity index (χ4n) is 10.2. The molecule has 0 amide bonds. The summed E-state index contributed by atoms with van der Waals surface area (Å²) in [5, 5.41) is 14.9.